The fourth-order valence-electron chi connectivity index (χ4n) is 0.890. The van der Waals surface area contributed by atoms with E-state index >= 15 is 0 Å². The number of hydrogen-bond donors (Lipinski definition) is 2. The zero-order chi connectivity index (χ0) is 12.9. The van der Waals surface area contributed by atoms with Gasteiger partial charge in [-0.15, -0.1) is 0 Å². The SMILES string of the molecule is C[C@H](NC(=O)OC(C)(C)C)C(=O)CC(N)=O. The predicted molar refractivity (Wildman–Crippen MR) is 57.7 cm³/mol. The van der Waals surface area contributed by atoms with Crippen molar-refractivity contribution in [3.05, 3.63) is 0 Å². The molecule has 0 aliphatic rings. The zero-order valence-corrected chi connectivity index (χ0v) is 9.99. The van der Waals surface area contributed by atoms with E-state index < -0.39 is 35.8 Å². The van der Waals surface area contributed by atoms with Crippen LogP contribution in [0, 0.1) is 0 Å². The molecule has 0 aromatic heterocycles. The number of rotatable bonds is 4. The van der Waals surface area contributed by atoms with E-state index in [-0.39, 0.29) is 0 Å². The zero-order valence-electron chi connectivity index (χ0n) is 9.99. The second-order valence-electron chi connectivity index (χ2n) is 4.48. The van der Waals surface area contributed by atoms with Gasteiger partial charge in [-0.05, 0) is 27.7 Å². The number of Topliss-reactive ketones (excluding diaryl/α,β-unsaturated/α-hetero) is 1. The molecule has 0 radical (unpaired) electrons. The van der Waals surface area contributed by atoms with Crippen LogP contribution in [0.3, 0.4) is 0 Å². The van der Waals surface area contributed by atoms with Crippen molar-refractivity contribution in [2.24, 2.45) is 5.73 Å². The van der Waals surface area contributed by atoms with Gasteiger partial charge >= 0.3 is 6.09 Å². The van der Waals surface area contributed by atoms with Crippen molar-refractivity contribution in [3.8, 4) is 0 Å². The van der Waals surface area contributed by atoms with Gasteiger partial charge in [0.2, 0.25) is 5.91 Å². The maximum atomic E-state index is 11.3. The van der Waals surface area contributed by atoms with E-state index in [2.05, 4.69) is 5.32 Å². The molecule has 0 saturated carbocycles. The molecule has 2 amide bonds. The van der Waals surface area contributed by atoms with Gasteiger partial charge in [-0.3, -0.25) is 9.59 Å². The monoisotopic (exact) mass is 230 g/mol. The van der Waals surface area contributed by atoms with Crippen molar-refractivity contribution < 1.29 is 19.1 Å². The summed E-state index contributed by atoms with van der Waals surface area (Å²) in [7, 11) is 0. The van der Waals surface area contributed by atoms with Crippen LogP contribution in [-0.2, 0) is 14.3 Å². The summed E-state index contributed by atoms with van der Waals surface area (Å²) in [5, 5.41) is 2.32. The molecule has 92 valence electrons. The van der Waals surface area contributed by atoms with Crippen molar-refractivity contribution in [2.75, 3.05) is 0 Å². The smallest absolute Gasteiger partial charge is 0.408 e. The van der Waals surface area contributed by atoms with Crippen molar-refractivity contribution in [2.45, 2.75) is 45.8 Å². The van der Waals surface area contributed by atoms with Gasteiger partial charge in [0.25, 0.3) is 0 Å². The van der Waals surface area contributed by atoms with Gasteiger partial charge in [0.15, 0.2) is 5.78 Å². The molecular formula is C10H18N2O4. The van der Waals surface area contributed by atoms with E-state index in [1.165, 1.54) is 6.92 Å². The van der Waals surface area contributed by atoms with Gasteiger partial charge in [0.1, 0.15) is 5.60 Å². The summed E-state index contributed by atoms with van der Waals surface area (Å²) in [5.74, 6) is -1.17. The molecule has 0 aromatic carbocycles. The van der Waals surface area contributed by atoms with E-state index in [0.717, 1.165) is 0 Å². The molecule has 0 bridgehead atoms. The minimum absolute atomic E-state index is 0.392. The number of nitrogens with one attached hydrogen (secondary N) is 1. The second kappa shape index (κ2) is 5.48. The molecule has 0 rings (SSSR count). The van der Waals surface area contributed by atoms with Crippen LogP contribution in [-0.4, -0.2) is 29.4 Å². The number of nitrogens with two attached hydrogens (primary N) is 1. The van der Waals surface area contributed by atoms with Gasteiger partial charge in [-0.25, -0.2) is 4.79 Å². The summed E-state index contributed by atoms with van der Waals surface area (Å²) >= 11 is 0. The number of alkyl carbamates (subject to hydrolysis) is 1. The van der Waals surface area contributed by atoms with Crippen LogP contribution in [0.25, 0.3) is 0 Å². The van der Waals surface area contributed by atoms with Crippen molar-refractivity contribution in [1.29, 1.82) is 0 Å². The van der Waals surface area contributed by atoms with E-state index in [4.69, 9.17) is 10.5 Å². The Hall–Kier alpha value is -1.59. The first kappa shape index (κ1) is 14.4. The average molecular weight is 230 g/mol. The lowest BCUT2D eigenvalue weighted by molar-refractivity contribution is -0.127. The minimum atomic E-state index is -0.789. The summed E-state index contributed by atoms with van der Waals surface area (Å²) in [4.78, 5) is 33.0. The van der Waals surface area contributed by atoms with Crippen molar-refractivity contribution in [1.82, 2.24) is 5.32 Å². The lowest BCUT2D eigenvalue weighted by atomic mass is 10.1. The highest BCUT2D eigenvalue weighted by molar-refractivity contribution is 6.00. The summed E-state index contributed by atoms with van der Waals surface area (Å²) in [5.41, 5.74) is 4.23. The van der Waals surface area contributed by atoms with E-state index in [1.54, 1.807) is 20.8 Å². The average Bonchev–Trinajstić information content (AvgIpc) is 1.98. The van der Waals surface area contributed by atoms with Crippen LogP contribution in [0.1, 0.15) is 34.1 Å². The third-order valence-electron chi connectivity index (χ3n) is 1.56. The number of ether oxygens (including phenoxy) is 1. The summed E-state index contributed by atoms with van der Waals surface area (Å²) < 4.78 is 4.95. The first-order chi connectivity index (χ1) is 7.11. The first-order valence-corrected chi connectivity index (χ1v) is 4.92. The fraction of sp³-hybridized carbons (Fsp3) is 0.700. The molecule has 0 aliphatic carbocycles. The number of ketones is 1. The highest BCUT2D eigenvalue weighted by atomic mass is 16.6. The first-order valence-electron chi connectivity index (χ1n) is 4.92. The highest BCUT2D eigenvalue weighted by Gasteiger charge is 2.21. The summed E-state index contributed by atoms with van der Waals surface area (Å²) in [6, 6.07) is -0.789. The van der Waals surface area contributed by atoms with Crippen LogP contribution < -0.4 is 11.1 Å². The number of carbonyl (C=O) groups excluding carboxylic acids is 3. The number of primary amides is 1. The number of carbonyl (C=O) groups is 3. The molecule has 0 fully saturated rings. The molecule has 1 atom stereocenters. The molecule has 6 nitrogen and oxygen atoms in total. The maximum absolute atomic E-state index is 11.3. The van der Waals surface area contributed by atoms with Crippen LogP contribution in [0.5, 0.6) is 0 Å². The van der Waals surface area contributed by atoms with Crippen LogP contribution in [0.2, 0.25) is 0 Å². The van der Waals surface area contributed by atoms with Crippen LogP contribution in [0.4, 0.5) is 4.79 Å². The Morgan fingerprint density at radius 2 is 1.81 bits per heavy atom. The van der Waals surface area contributed by atoms with Crippen molar-refractivity contribution >= 4 is 17.8 Å². The lowest BCUT2D eigenvalue weighted by Gasteiger charge is -2.21. The Kier molecular flexibility index (Phi) is 4.94. The molecule has 16 heavy (non-hydrogen) atoms. The molecule has 3 N–H and O–H groups in total. The predicted octanol–water partition coefficient (Wildman–Crippen LogP) is 0.344. The Balaban J connectivity index is 4.14. The van der Waals surface area contributed by atoms with Crippen molar-refractivity contribution in [3.63, 3.8) is 0 Å². The third kappa shape index (κ3) is 6.80. The third-order valence-corrected chi connectivity index (χ3v) is 1.56. The quantitative estimate of drug-likeness (QED) is 0.680. The van der Waals surface area contributed by atoms with Gasteiger partial charge in [-0.2, -0.15) is 0 Å². The number of hydrogen-bond acceptors (Lipinski definition) is 4. The Labute approximate surface area is 94.5 Å². The summed E-state index contributed by atoms with van der Waals surface area (Å²) in [6.07, 6.45) is -1.09. The normalized spacial score (nSPS) is 12.8. The number of amides is 2. The maximum Gasteiger partial charge on any atom is 0.408 e. The molecule has 0 aliphatic heterocycles. The van der Waals surface area contributed by atoms with E-state index in [9.17, 15) is 14.4 Å². The standard InChI is InChI=1S/C10H18N2O4/c1-6(7(13)5-8(11)14)12-9(15)16-10(2,3)4/h6H,5H2,1-4H3,(H2,11,14)(H,12,15)/t6-/m0/s1. The minimum Gasteiger partial charge on any atom is -0.444 e. The highest BCUT2D eigenvalue weighted by Crippen LogP contribution is 2.06. The Bertz CT molecular complexity index is 294. The lowest BCUT2D eigenvalue weighted by Crippen LogP contribution is -2.42. The van der Waals surface area contributed by atoms with Gasteiger partial charge in [-0.1, -0.05) is 0 Å². The second-order valence-corrected chi connectivity index (χ2v) is 4.48. The molecule has 6 heteroatoms. The summed E-state index contributed by atoms with van der Waals surface area (Å²) in [6.45, 7) is 6.60. The van der Waals surface area contributed by atoms with Crippen LogP contribution >= 0.6 is 0 Å². The van der Waals surface area contributed by atoms with E-state index in [1.807, 2.05) is 0 Å². The molecular weight excluding hydrogens is 212 g/mol. The molecule has 0 saturated heterocycles. The Morgan fingerprint density at radius 1 is 1.31 bits per heavy atom. The molecule has 0 spiro atoms. The molecule has 0 aromatic rings. The largest absolute Gasteiger partial charge is 0.444 e. The molecule has 0 unspecified atom stereocenters. The topological polar surface area (TPSA) is 98.5 Å². The molecule has 0 heterocycles. The van der Waals surface area contributed by atoms with Gasteiger partial charge in [0.05, 0.1) is 12.5 Å². The van der Waals surface area contributed by atoms with E-state index in [0.29, 0.717) is 0 Å². The van der Waals surface area contributed by atoms with Gasteiger partial charge in [0, 0.05) is 0 Å². The fourth-order valence-corrected chi connectivity index (χ4v) is 0.890. The van der Waals surface area contributed by atoms with Crippen LogP contribution in [0.15, 0.2) is 0 Å². The van der Waals surface area contributed by atoms with Gasteiger partial charge < -0.3 is 15.8 Å². The Morgan fingerprint density at radius 3 is 2.19 bits per heavy atom.